The van der Waals surface area contributed by atoms with Gasteiger partial charge in [0.15, 0.2) is 11.5 Å². The SMILES string of the molecule is CCOc1cc([C@@H]2N(C(=O)CC)c3ccccc3-c3c(=O)[nH]c(SC)n[n+]32)cc(Br)c1OC. The molecule has 0 aliphatic carbocycles. The molecule has 0 saturated heterocycles. The van der Waals surface area contributed by atoms with E-state index >= 15 is 0 Å². The van der Waals surface area contributed by atoms with E-state index in [0.717, 1.165) is 5.56 Å². The lowest BCUT2D eigenvalue weighted by molar-refractivity contribution is -0.763. The zero-order valence-electron chi connectivity index (χ0n) is 18.7. The van der Waals surface area contributed by atoms with E-state index in [1.807, 2.05) is 56.5 Å². The molecule has 0 fully saturated rings. The van der Waals surface area contributed by atoms with Gasteiger partial charge in [0.2, 0.25) is 11.1 Å². The molecule has 2 aromatic carbocycles. The minimum atomic E-state index is -0.697. The predicted octanol–water partition coefficient (Wildman–Crippen LogP) is 3.92. The fourth-order valence-corrected chi connectivity index (χ4v) is 4.99. The Kier molecular flexibility index (Phi) is 6.76. The van der Waals surface area contributed by atoms with E-state index in [-0.39, 0.29) is 17.9 Å². The number of carbonyl (C=O) groups is 1. The molecular weight excluding hydrogens is 508 g/mol. The summed E-state index contributed by atoms with van der Waals surface area (Å²) in [6, 6.07) is 11.1. The predicted molar refractivity (Wildman–Crippen MR) is 130 cm³/mol. The number of fused-ring (bicyclic) bond motifs is 3. The van der Waals surface area contributed by atoms with Gasteiger partial charge in [0, 0.05) is 11.5 Å². The maximum absolute atomic E-state index is 13.3. The molecule has 1 N–H and O–H groups in total. The summed E-state index contributed by atoms with van der Waals surface area (Å²) in [7, 11) is 1.57. The normalized spacial score (nSPS) is 14.5. The van der Waals surface area contributed by atoms with Crippen molar-refractivity contribution in [3.8, 4) is 22.8 Å². The highest BCUT2D eigenvalue weighted by molar-refractivity contribution is 9.10. The minimum Gasteiger partial charge on any atom is -0.492 e. The first-order chi connectivity index (χ1) is 15.9. The number of benzene rings is 2. The summed E-state index contributed by atoms with van der Waals surface area (Å²) in [5.41, 5.74) is 2.14. The summed E-state index contributed by atoms with van der Waals surface area (Å²) in [5, 5.41) is 5.16. The second-order valence-corrected chi connectivity index (χ2v) is 8.88. The van der Waals surface area contributed by atoms with Gasteiger partial charge in [-0.15, -0.1) is 0 Å². The smallest absolute Gasteiger partial charge is 0.325 e. The third-order valence-electron chi connectivity index (χ3n) is 5.36. The van der Waals surface area contributed by atoms with Gasteiger partial charge in [-0.2, -0.15) is 0 Å². The van der Waals surface area contributed by atoms with E-state index in [9.17, 15) is 9.59 Å². The van der Waals surface area contributed by atoms with Gasteiger partial charge in [-0.05, 0) is 58.1 Å². The zero-order valence-corrected chi connectivity index (χ0v) is 21.1. The van der Waals surface area contributed by atoms with Crippen LogP contribution in [0, 0.1) is 0 Å². The summed E-state index contributed by atoms with van der Waals surface area (Å²) in [5.74, 6) is 0.992. The number of hydrogen-bond donors (Lipinski definition) is 1. The molecule has 1 aromatic heterocycles. The van der Waals surface area contributed by atoms with Gasteiger partial charge in [-0.3, -0.25) is 14.6 Å². The van der Waals surface area contributed by atoms with Gasteiger partial charge >= 0.3 is 11.3 Å². The van der Waals surface area contributed by atoms with E-state index in [4.69, 9.17) is 14.6 Å². The number of methoxy groups -OCH3 is 1. The van der Waals surface area contributed by atoms with Gasteiger partial charge < -0.3 is 9.47 Å². The van der Waals surface area contributed by atoms with Gasteiger partial charge in [0.05, 0.1) is 35.0 Å². The maximum atomic E-state index is 13.3. The summed E-state index contributed by atoms with van der Waals surface area (Å²) < 4.78 is 13.6. The molecule has 172 valence electrons. The highest BCUT2D eigenvalue weighted by atomic mass is 79.9. The van der Waals surface area contributed by atoms with Crippen molar-refractivity contribution in [1.82, 2.24) is 10.1 Å². The molecular formula is C23H24BrN4O4S+. The molecule has 0 bridgehead atoms. The Morgan fingerprint density at radius 3 is 2.73 bits per heavy atom. The van der Waals surface area contributed by atoms with Crippen LogP contribution < -0.4 is 24.6 Å². The Hall–Kier alpha value is -2.85. The monoisotopic (exact) mass is 531 g/mol. The fourth-order valence-electron chi connectivity index (χ4n) is 4.00. The van der Waals surface area contributed by atoms with Crippen LogP contribution in [-0.4, -0.2) is 36.0 Å². The number of ether oxygens (including phenoxy) is 2. The van der Waals surface area contributed by atoms with Crippen LogP contribution in [0.4, 0.5) is 5.69 Å². The molecule has 0 unspecified atom stereocenters. The number of para-hydroxylation sites is 1. The number of carbonyl (C=O) groups excluding carboxylic acids is 1. The number of thioether (sulfide) groups is 1. The van der Waals surface area contributed by atoms with E-state index in [1.54, 1.807) is 16.7 Å². The molecule has 33 heavy (non-hydrogen) atoms. The average molecular weight is 532 g/mol. The Bertz CT molecular complexity index is 1280. The van der Waals surface area contributed by atoms with E-state index < -0.39 is 6.17 Å². The van der Waals surface area contributed by atoms with Crippen LogP contribution in [0.5, 0.6) is 11.5 Å². The highest BCUT2D eigenvalue weighted by Gasteiger charge is 2.45. The topological polar surface area (TPSA) is 88.4 Å². The van der Waals surface area contributed by atoms with Crippen LogP contribution in [0.25, 0.3) is 11.3 Å². The third-order valence-corrected chi connectivity index (χ3v) is 6.52. The van der Waals surface area contributed by atoms with Crippen LogP contribution in [0.15, 0.2) is 50.8 Å². The Morgan fingerprint density at radius 1 is 1.30 bits per heavy atom. The first kappa shape index (κ1) is 23.3. The Balaban J connectivity index is 2.08. The molecule has 0 spiro atoms. The molecule has 1 amide bonds. The Morgan fingerprint density at radius 2 is 2.06 bits per heavy atom. The number of hydrogen-bond acceptors (Lipinski definition) is 6. The lowest BCUT2D eigenvalue weighted by Crippen LogP contribution is -2.60. The number of aromatic nitrogens is 3. The van der Waals surface area contributed by atoms with Gasteiger partial charge in [0.25, 0.3) is 6.17 Å². The standard InChI is InChI=1S/C23H23BrN4O4S/c1-5-18(29)27-16-10-8-7-9-14(16)19-21(30)25-23(33-4)26-28(19)22(27)13-11-15(24)20(31-3)17(12-13)32-6-2/h7-12,22H,5-6H2,1-4H3/p+1/t22-/m1/s1. The summed E-state index contributed by atoms with van der Waals surface area (Å²) in [4.78, 5) is 31.0. The van der Waals surface area contributed by atoms with Gasteiger partial charge in [-0.25, -0.2) is 4.90 Å². The molecule has 0 saturated carbocycles. The lowest BCUT2D eigenvalue weighted by atomic mass is 10.0. The average Bonchev–Trinajstić information content (AvgIpc) is 2.82. The van der Waals surface area contributed by atoms with Crippen molar-refractivity contribution in [2.24, 2.45) is 0 Å². The molecule has 1 aliphatic rings. The third kappa shape index (κ3) is 4.02. The lowest BCUT2D eigenvalue weighted by Gasteiger charge is -2.32. The van der Waals surface area contributed by atoms with Crippen LogP contribution in [0.1, 0.15) is 32.0 Å². The number of halogens is 1. The first-order valence-corrected chi connectivity index (χ1v) is 12.5. The highest BCUT2D eigenvalue weighted by Crippen LogP contribution is 2.42. The number of nitrogens with zero attached hydrogens (tertiary/aromatic N) is 3. The van der Waals surface area contributed by atoms with E-state index in [1.165, 1.54) is 11.8 Å². The molecule has 1 atom stereocenters. The summed E-state index contributed by atoms with van der Waals surface area (Å²) >= 11 is 4.90. The maximum Gasteiger partial charge on any atom is 0.325 e. The van der Waals surface area contributed by atoms with Crippen LogP contribution in [0.2, 0.25) is 0 Å². The summed E-state index contributed by atoms with van der Waals surface area (Å²) in [6.07, 6.45) is 1.43. The van der Waals surface area contributed by atoms with Crippen molar-refractivity contribution in [3.63, 3.8) is 0 Å². The number of nitrogens with one attached hydrogen (secondary N) is 1. The van der Waals surface area contributed by atoms with Crippen LogP contribution in [-0.2, 0) is 4.79 Å². The van der Waals surface area contributed by atoms with E-state index in [2.05, 4.69) is 20.9 Å². The molecule has 3 aromatic rings. The number of H-pyrrole nitrogens is 1. The van der Waals surface area contributed by atoms with Crippen molar-refractivity contribution in [2.45, 2.75) is 31.6 Å². The van der Waals surface area contributed by atoms with Crippen molar-refractivity contribution in [1.29, 1.82) is 0 Å². The zero-order chi connectivity index (χ0) is 23.7. The molecule has 2 heterocycles. The molecule has 1 aliphatic heterocycles. The summed E-state index contributed by atoms with van der Waals surface area (Å²) in [6.45, 7) is 4.14. The Labute approximate surface area is 204 Å². The second kappa shape index (κ2) is 9.56. The van der Waals surface area contributed by atoms with Crippen LogP contribution in [0.3, 0.4) is 0 Å². The van der Waals surface area contributed by atoms with Gasteiger partial charge in [-0.1, -0.05) is 30.8 Å². The number of aromatic amines is 1. The largest absolute Gasteiger partial charge is 0.492 e. The molecule has 4 rings (SSSR count). The van der Waals surface area contributed by atoms with Gasteiger partial charge in [0.1, 0.15) is 0 Å². The number of anilines is 1. The molecule has 0 radical (unpaired) electrons. The first-order valence-electron chi connectivity index (χ1n) is 10.5. The van der Waals surface area contributed by atoms with Crippen molar-refractivity contribution in [2.75, 3.05) is 24.9 Å². The van der Waals surface area contributed by atoms with Crippen LogP contribution >= 0.6 is 27.7 Å². The fraction of sp³-hybridized carbons (Fsp3) is 0.304. The quantitative estimate of drug-likeness (QED) is 0.383. The van der Waals surface area contributed by atoms with E-state index in [0.29, 0.717) is 44.7 Å². The minimum absolute atomic E-state index is 0.0942. The number of amides is 1. The second-order valence-electron chi connectivity index (χ2n) is 7.23. The van der Waals surface area contributed by atoms with Crippen molar-refractivity contribution in [3.05, 3.63) is 56.8 Å². The van der Waals surface area contributed by atoms with Crippen molar-refractivity contribution < 1.29 is 19.0 Å². The number of rotatable bonds is 6. The molecule has 8 nitrogen and oxygen atoms in total. The van der Waals surface area contributed by atoms with Crippen molar-refractivity contribution >= 4 is 39.3 Å². The molecule has 10 heteroatoms.